The first-order chi connectivity index (χ1) is 12.9. The highest BCUT2D eigenvalue weighted by atomic mass is 32.2. The van der Waals surface area contributed by atoms with E-state index in [1.165, 1.54) is 0 Å². The van der Waals surface area contributed by atoms with Crippen molar-refractivity contribution in [2.24, 2.45) is 5.41 Å². The molecule has 4 N–H and O–H groups in total. The van der Waals surface area contributed by atoms with Gasteiger partial charge in [-0.2, -0.15) is 0 Å². The number of carbonyl (C=O) groups excluding carboxylic acids is 3. The van der Waals surface area contributed by atoms with Crippen molar-refractivity contribution in [3.8, 4) is 0 Å². The predicted molar refractivity (Wildman–Crippen MR) is 99.4 cm³/mol. The van der Waals surface area contributed by atoms with Crippen LogP contribution in [0.15, 0.2) is 0 Å². The Kier molecular flexibility index (Phi) is 9.58. The molecule has 0 aromatic heterocycles. The molecule has 0 aromatic rings. The Morgan fingerprint density at radius 3 is 2.46 bits per heavy atom. The maximum atomic E-state index is 12.2. The Morgan fingerprint density at radius 2 is 1.82 bits per heavy atom. The molecule has 1 fully saturated rings. The first kappa shape index (κ1) is 24.6. The number of carbonyl (C=O) groups is 4. The van der Waals surface area contributed by atoms with Crippen molar-refractivity contribution in [1.29, 1.82) is 0 Å². The van der Waals surface area contributed by atoms with Crippen LogP contribution in [0, 0.1) is 5.41 Å². The van der Waals surface area contributed by atoms with Crippen LogP contribution in [0.2, 0.25) is 0 Å². The van der Waals surface area contributed by atoms with Gasteiger partial charge in [-0.25, -0.2) is 4.57 Å². The fraction of sp³-hybridized carbons (Fsp3) is 0.733. The van der Waals surface area contributed by atoms with Gasteiger partial charge >= 0.3 is 13.8 Å². The van der Waals surface area contributed by atoms with Gasteiger partial charge in [0.25, 0.3) is 0 Å². The number of nitrogens with one attached hydrogen (secondary N) is 2. The van der Waals surface area contributed by atoms with E-state index in [4.69, 9.17) is 14.2 Å². The largest absolute Gasteiger partial charge is 0.481 e. The molecule has 0 aliphatic carbocycles. The van der Waals surface area contributed by atoms with Gasteiger partial charge < -0.3 is 20.6 Å². The van der Waals surface area contributed by atoms with Gasteiger partial charge in [0.1, 0.15) is 0 Å². The van der Waals surface area contributed by atoms with Gasteiger partial charge in [-0.1, -0.05) is 25.6 Å². The maximum Gasteiger partial charge on any atom is 0.472 e. The second kappa shape index (κ2) is 10.9. The molecule has 13 heteroatoms. The van der Waals surface area contributed by atoms with E-state index >= 15 is 0 Å². The van der Waals surface area contributed by atoms with Crippen LogP contribution >= 0.6 is 19.6 Å². The average molecular weight is 440 g/mol. The summed E-state index contributed by atoms with van der Waals surface area (Å²) in [4.78, 5) is 55.0. The van der Waals surface area contributed by atoms with E-state index in [1.54, 1.807) is 13.8 Å². The van der Waals surface area contributed by atoms with Crippen LogP contribution in [-0.4, -0.2) is 64.5 Å². The van der Waals surface area contributed by atoms with Crippen molar-refractivity contribution < 1.29 is 42.8 Å². The summed E-state index contributed by atoms with van der Waals surface area (Å²) in [7, 11) is -4.27. The molecular formula is C15H25N2O9PS. The van der Waals surface area contributed by atoms with Crippen molar-refractivity contribution in [2.75, 3.05) is 25.4 Å². The standard InChI is InChI=1S/C15H25N2O9PS/c1-15(2)9-25-27(23,24)26-13(15)14(22)17-6-5-10(18)16-7-8-28-12(21)4-3-11(19)20/h13H,3-9H2,1-2H3,(H,16,18)(H,17,22)(H,19,20)(H,23,24)/t13-/m0/s1. The first-order valence-corrected chi connectivity index (χ1v) is 11.0. The summed E-state index contributed by atoms with van der Waals surface area (Å²) in [5.41, 5.74) is -0.812. The molecule has 1 aliphatic rings. The Morgan fingerprint density at radius 1 is 1.14 bits per heavy atom. The van der Waals surface area contributed by atoms with Gasteiger partial charge in [0.2, 0.25) is 11.8 Å². The van der Waals surface area contributed by atoms with Crippen LogP contribution < -0.4 is 10.6 Å². The van der Waals surface area contributed by atoms with E-state index in [1.807, 2.05) is 0 Å². The topological polar surface area (TPSA) is 168 Å². The number of aliphatic carboxylic acids is 1. The third-order valence-electron chi connectivity index (χ3n) is 3.67. The molecule has 2 atom stereocenters. The second-order valence-corrected chi connectivity index (χ2v) is 9.28. The number of rotatable bonds is 10. The number of hydrogen-bond acceptors (Lipinski definition) is 8. The summed E-state index contributed by atoms with van der Waals surface area (Å²) in [5.74, 6) is -1.69. The molecule has 11 nitrogen and oxygen atoms in total. The molecule has 1 aliphatic heterocycles. The minimum absolute atomic E-state index is 0.00186. The number of phosphoric ester groups is 1. The average Bonchev–Trinajstić information content (AvgIpc) is 2.59. The summed E-state index contributed by atoms with van der Waals surface area (Å²) in [6.07, 6.45) is -1.50. The fourth-order valence-corrected chi connectivity index (χ4v) is 4.03. The number of amides is 2. The van der Waals surface area contributed by atoms with Crippen LogP contribution in [0.1, 0.15) is 33.1 Å². The monoisotopic (exact) mass is 440 g/mol. The molecule has 0 bridgehead atoms. The normalized spacial score (nSPS) is 23.6. The number of phosphoric acid groups is 1. The summed E-state index contributed by atoms with van der Waals surface area (Å²) < 4.78 is 21.0. The lowest BCUT2D eigenvalue weighted by molar-refractivity contribution is -0.141. The van der Waals surface area contributed by atoms with Gasteiger partial charge in [-0.3, -0.25) is 28.2 Å². The van der Waals surface area contributed by atoms with Crippen molar-refractivity contribution in [1.82, 2.24) is 10.6 Å². The SMILES string of the molecule is CC1(C)COP(=O)(O)O[C@H]1C(=O)NCCC(=O)NCCSC(=O)CCC(=O)O. The quantitative estimate of drug-likeness (QED) is 0.273. The molecule has 160 valence electrons. The van der Waals surface area contributed by atoms with Crippen LogP contribution in [0.4, 0.5) is 0 Å². The van der Waals surface area contributed by atoms with E-state index in [-0.39, 0.29) is 50.0 Å². The number of carboxylic acids is 1. The van der Waals surface area contributed by atoms with Gasteiger partial charge in [-0.15, -0.1) is 0 Å². The van der Waals surface area contributed by atoms with E-state index < -0.39 is 31.2 Å². The minimum atomic E-state index is -4.27. The summed E-state index contributed by atoms with van der Waals surface area (Å²) >= 11 is 0.942. The molecule has 0 spiro atoms. The maximum absolute atomic E-state index is 12.2. The molecule has 1 unspecified atom stereocenters. The van der Waals surface area contributed by atoms with E-state index in [0.29, 0.717) is 5.75 Å². The molecule has 2 amide bonds. The number of thioether (sulfide) groups is 1. The number of hydrogen-bond donors (Lipinski definition) is 4. The minimum Gasteiger partial charge on any atom is -0.481 e. The fourth-order valence-electron chi connectivity index (χ4n) is 2.15. The predicted octanol–water partition coefficient (Wildman–Crippen LogP) is 0.276. The molecule has 0 saturated carbocycles. The zero-order valence-corrected chi connectivity index (χ0v) is 17.3. The first-order valence-electron chi connectivity index (χ1n) is 8.50. The molecule has 1 saturated heterocycles. The van der Waals surface area contributed by atoms with Crippen molar-refractivity contribution in [2.45, 2.75) is 39.2 Å². The summed E-state index contributed by atoms with van der Waals surface area (Å²) in [6.45, 7) is 3.40. The molecular weight excluding hydrogens is 415 g/mol. The van der Waals surface area contributed by atoms with E-state index in [9.17, 15) is 28.6 Å². The lowest BCUT2D eigenvalue weighted by Gasteiger charge is -2.38. The molecule has 0 radical (unpaired) electrons. The lowest BCUT2D eigenvalue weighted by atomic mass is 9.87. The van der Waals surface area contributed by atoms with Crippen LogP contribution in [-0.2, 0) is 32.8 Å². The molecule has 1 heterocycles. The molecule has 0 aromatic carbocycles. The van der Waals surface area contributed by atoms with Crippen LogP contribution in [0.25, 0.3) is 0 Å². The number of carboxylic acid groups (broad SMARTS) is 1. The third-order valence-corrected chi connectivity index (χ3v) is 5.53. The van der Waals surface area contributed by atoms with E-state index in [0.717, 1.165) is 11.8 Å². The zero-order chi connectivity index (χ0) is 21.4. The van der Waals surface area contributed by atoms with Crippen LogP contribution in [0.3, 0.4) is 0 Å². The van der Waals surface area contributed by atoms with Crippen molar-refractivity contribution in [3.05, 3.63) is 0 Å². The van der Waals surface area contributed by atoms with Crippen molar-refractivity contribution >= 4 is 42.5 Å². The highest BCUT2D eigenvalue weighted by molar-refractivity contribution is 8.13. The highest BCUT2D eigenvalue weighted by Crippen LogP contribution is 2.52. The Balaban J connectivity index is 2.23. The third kappa shape index (κ3) is 9.16. The smallest absolute Gasteiger partial charge is 0.472 e. The highest BCUT2D eigenvalue weighted by Gasteiger charge is 2.47. The Bertz CT molecular complexity index is 655. The Labute approximate surface area is 166 Å². The van der Waals surface area contributed by atoms with Gasteiger partial charge in [0, 0.05) is 37.1 Å². The van der Waals surface area contributed by atoms with Gasteiger partial charge in [0.15, 0.2) is 11.2 Å². The van der Waals surface area contributed by atoms with Crippen LogP contribution in [0.5, 0.6) is 0 Å². The van der Waals surface area contributed by atoms with E-state index in [2.05, 4.69) is 10.6 Å². The van der Waals surface area contributed by atoms with Gasteiger partial charge in [-0.05, 0) is 0 Å². The molecule has 28 heavy (non-hydrogen) atoms. The van der Waals surface area contributed by atoms with Gasteiger partial charge in [0.05, 0.1) is 13.0 Å². The summed E-state index contributed by atoms with van der Waals surface area (Å²) in [6, 6.07) is 0. The summed E-state index contributed by atoms with van der Waals surface area (Å²) in [5, 5.41) is 13.3. The lowest BCUT2D eigenvalue weighted by Crippen LogP contribution is -2.49. The zero-order valence-electron chi connectivity index (χ0n) is 15.6. The van der Waals surface area contributed by atoms with Crippen molar-refractivity contribution in [3.63, 3.8) is 0 Å². The molecule has 1 rings (SSSR count). The second-order valence-electron chi connectivity index (χ2n) is 6.72. The Hall–Kier alpha value is -1.46.